The molecule has 1 aromatic heterocycles. The summed E-state index contributed by atoms with van der Waals surface area (Å²) in [6.45, 7) is 3.94. The van der Waals surface area contributed by atoms with E-state index in [9.17, 15) is 14.9 Å². The van der Waals surface area contributed by atoms with Gasteiger partial charge in [0.05, 0.1) is 11.0 Å². The molecule has 108 valence electrons. The first-order valence-corrected chi connectivity index (χ1v) is 7.02. The molecule has 0 spiro atoms. The summed E-state index contributed by atoms with van der Waals surface area (Å²) in [5.41, 5.74) is 0. The number of rotatable bonds is 5. The van der Waals surface area contributed by atoms with Crippen molar-refractivity contribution in [3.63, 3.8) is 0 Å². The zero-order valence-electron chi connectivity index (χ0n) is 10.7. The van der Waals surface area contributed by atoms with Gasteiger partial charge in [-0.1, -0.05) is 36.1 Å². The van der Waals surface area contributed by atoms with Crippen molar-refractivity contribution in [2.24, 2.45) is 0 Å². The summed E-state index contributed by atoms with van der Waals surface area (Å²) in [6.07, 6.45) is 6.32. The van der Waals surface area contributed by atoms with Crippen LogP contribution in [0, 0.1) is 10.1 Å². The summed E-state index contributed by atoms with van der Waals surface area (Å²) >= 11 is 6.30. The van der Waals surface area contributed by atoms with E-state index in [0.717, 1.165) is 0 Å². The van der Waals surface area contributed by atoms with Crippen LogP contribution in [0.15, 0.2) is 46.3 Å². The lowest BCUT2D eigenvalue weighted by Gasteiger charge is -2.10. The predicted octanol–water partition coefficient (Wildman–Crippen LogP) is 3.13. The van der Waals surface area contributed by atoms with Gasteiger partial charge in [0, 0.05) is 6.54 Å². The molecule has 21 heavy (non-hydrogen) atoms. The lowest BCUT2D eigenvalue weighted by Crippen LogP contribution is -2.27. The number of carbonyl (C=O) groups is 1. The smallest absolute Gasteiger partial charge is 0.401 e. The SMILES string of the molecule is C=CCN1C(=O)/C(=C/C=C/c2ccc([N+](=O)[O-])o2)SC1=S. The molecule has 0 radical (unpaired) electrons. The molecule has 6 nitrogen and oxygen atoms in total. The Hall–Kier alpha value is -2.19. The Morgan fingerprint density at radius 2 is 2.29 bits per heavy atom. The molecule has 1 aromatic rings. The van der Waals surface area contributed by atoms with Crippen molar-refractivity contribution >= 4 is 46.2 Å². The first kappa shape index (κ1) is 15.2. The van der Waals surface area contributed by atoms with Crippen molar-refractivity contribution in [3.05, 3.63) is 57.7 Å². The van der Waals surface area contributed by atoms with Crippen LogP contribution >= 0.6 is 24.0 Å². The van der Waals surface area contributed by atoms with Crippen molar-refractivity contribution in [1.29, 1.82) is 0 Å². The zero-order chi connectivity index (χ0) is 15.4. The molecule has 2 rings (SSSR count). The lowest BCUT2D eigenvalue weighted by molar-refractivity contribution is -0.402. The zero-order valence-corrected chi connectivity index (χ0v) is 12.4. The summed E-state index contributed by atoms with van der Waals surface area (Å²) in [7, 11) is 0. The molecule has 0 aromatic carbocycles. The van der Waals surface area contributed by atoms with Gasteiger partial charge in [0.25, 0.3) is 5.91 Å². The van der Waals surface area contributed by atoms with Crippen molar-refractivity contribution in [1.82, 2.24) is 4.90 Å². The molecule has 8 heteroatoms. The predicted molar refractivity (Wildman–Crippen MR) is 84.6 cm³/mol. The summed E-state index contributed by atoms with van der Waals surface area (Å²) < 4.78 is 5.44. The van der Waals surface area contributed by atoms with Crippen LogP contribution in [0.5, 0.6) is 0 Å². The Balaban J connectivity index is 2.08. The largest absolute Gasteiger partial charge is 0.433 e. The molecule has 2 heterocycles. The van der Waals surface area contributed by atoms with Crippen molar-refractivity contribution in [2.45, 2.75) is 0 Å². The highest BCUT2D eigenvalue weighted by Crippen LogP contribution is 2.30. The van der Waals surface area contributed by atoms with E-state index in [1.165, 1.54) is 34.9 Å². The number of hydrogen-bond acceptors (Lipinski definition) is 6. The van der Waals surface area contributed by atoms with Crippen molar-refractivity contribution in [2.75, 3.05) is 6.54 Å². The van der Waals surface area contributed by atoms with E-state index >= 15 is 0 Å². The fourth-order valence-corrected chi connectivity index (χ4v) is 2.79. The van der Waals surface area contributed by atoms with Crippen LogP contribution in [0.1, 0.15) is 5.76 Å². The Labute approximate surface area is 129 Å². The van der Waals surface area contributed by atoms with Gasteiger partial charge in [-0.3, -0.25) is 19.8 Å². The van der Waals surface area contributed by atoms with Gasteiger partial charge < -0.3 is 4.42 Å². The van der Waals surface area contributed by atoms with Crippen molar-refractivity contribution in [3.8, 4) is 0 Å². The number of carbonyl (C=O) groups excluding carboxylic acids is 1. The second-order valence-electron chi connectivity index (χ2n) is 3.90. The minimum Gasteiger partial charge on any atom is -0.401 e. The maximum Gasteiger partial charge on any atom is 0.433 e. The Bertz CT molecular complexity index is 675. The van der Waals surface area contributed by atoms with E-state index < -0.39 is 4.92 Å². The van der Waals surface area contributed by atoms with Gasteiger partial charge in [0.1, 0.15) is 15.0 Å². The second kappa shape index (κ2) is 6.51. The van der Waals surface area contributed by atoms with Crippen LogP contribution in [0.2, 0.25) is 0 Å². The van der Waals surface area contributed by atoms with Crippen LogP contribution in [0.3, 0.4) is 0 Å². The van der Waals surface area contributed by atoms with Crippen LogP contribution in [-0.2, 0) is 4.79 Å². The molecular weight excluding hydrogens is 312 g/mol. The van der Waals surface area contributed by atoms with Gasteiger partial charge in [-0.25, -0.2) is 0 Å². The van der Waals surface area contributed by atoms with Crippen LogP contribution in [-0.4, -0.2) is 26.6 Å². The molecular formula is C13H10N2O4S2. The maximum absolute atomic E-state index is 12.0. The molecule has 1 aliphatic rings. The van der Waals surface area contributed by atoms with Gasteiger partial charge in [-0.2, -0.15) is 0 Å². The summed E-state index contributed by atoms with van der Waals surface area (Å²) in [4.78, 5) is 23.8. The molecule has 0 aliphatic carbocycles. The standard InChI is InChI=1S/C13H10N2O4S2/c1-2-8-14-12(16)10(21-13(14)20)5-3-4-9-6-7-11(19-9)15(17)18/h2-7H,1,8H2/b4-3+,10-5-. The second-order valence-corrected chi connectivity index (χ2v) is 5.57. The van der Waals surface area contributed by atoms with Gasteiger partial charge in [0.2, 0.25) is 0 Å². The van der Waals surface area contributed by atoms with Gasteiger partial charge >= 0.3 is 5.88 Å². The highest BCUT2D eigenvalue weighted by atomic mass is 32.2. The molecule has 0 N–H and O–H groups in total. The minimum atomic E-state index is -0.613. The van der Waals surface area contributed by atoms with Crippen LogP contribution in [0.4, 0.5) is 5.88 Å². The monoisotopic (exact) mass is 322 g/mol. The summed E-state index contributed by atoms with van der Waals surface area (Å²) in [5.74, 6) is -0.175. The Kier molecular flexibility index (Phi) is 4.71. The Morgan fingerprint density at radius 1 is 1.52 bits per heavy atom. The molecule has 0 unspecified atom stereocenters. The van der Waals surface area contributed by atoms with Crippen LogP contribution < -0.4 is 0 Å². The van der Waals surface area contributed by atoms with E-state index in [2.05, 4.69) is 6.58 Å². The van der Waals surface area contributed by atoms with E-state index in [0.29, 0.717) is 21.5 Å². The number of nitrogens with zero attached hydrogens (tertiary/aromatic N) is 2. The first-order valence-electron chi connectivity index (χ1n) is 5.80. The number of amides is 1. The molecule has 1 aliphatic heterocycles. The molecule has 1 saturated heterocycles. The average Bonchev–Trinajstić information content (AvgIpc) is 3.00. The topological polar surface area (TPSA) is 76.6 Å². The van der Waals surface area contributed by atoms with Crippen molar-refractivity contribution < 1.29 is 14.1 Å². The molecule has 1 fully saturated rings. The van der Waals surface area contributed by atoms with E-state index in [-0.39, 0.29) is 11.8 Å². The third-order valence-electron chi connectivity index (χ3n) is 2.49. The average molecular weight is 322 g/mol. The quantitative estimate of drug-likeness (QED) is 0.272. The highest BCUT2D eigenvalue weighted by Gasteiger charge is 2.30. The molecule has 0 atom stereocenters. The number of nitro groups is 1. The number of thioether (sulfide) groups is 1. The van der Waals surface area contributed by atoms with E-state index in [4.69, 9.17) is 16.6 Å². The normalized spacial score (nSPS) is 17.1. The molecule has 0 saturated carbocycles. The fraction of sp³-hybridized carbons (Fsp3) is 0.0769. The number of hydrogen-bond donors (Lipinski definition) is 0. The molecule has 0 bridgehead atoms. The minimum absolute atomic E-state index is 0.181. The number of furan rings is 1. The first-order chi connectivity index (χ1) is 10.0. The fourth-order valence-electron chi connectivity index (χ4n) is 1.56. The number of allylic oxidation sites excluding steroid dienone is 2. The Morgan fingerprint density at radius 3 is 2.90 bits per heavy atom. The summed E-state index contributed by atoms with van der Waals surface area (Å²) in [6, 6.07) is 2.74. The molecule has 1 amide bonds. The summed E-state index contributed by atoms with van der Waals surface area (Å²) in [5, 5.41) is 10.5. The third kappa shape index (κ3) is 3.47. The third-order valence-corrected chi connectivity index (χ3v) is 3.88. The van der Waals surface area contributed by atoms with Gasteiger partial charge in [0.15, 0.2) is 0 Å². The van der Waals surface area contributed by atoms with Crippen LogP contribution in [0.25, 0.3) is 6.08 Å². The van der Waals surface area contributed by atoms with E-state index in [1.54, 1.807) is 18.2 Å². The highest BCUT2D eigenvalue weighted by molar-refractivity contribution is 8.26. The van der Waals surface area contributed by atoms with E-state index in [1.807, 2.05) is 0 Å². The van der Waals surface area contributed by atoms with Gasteiger partial charge in [-0.15, -0.1) is 6.58 Å². The van der Waals surface area contributed by atoms with Gasteiger partial charge in [-0.05, 0) is 18.2 Å². The lowest BCUT2D eigenvalue weighted by atomic mass is 10.3. The maximum atomic E-state index is 12.0. The number of thiocarbonyl (C=S) groups is 1.